The lowest BCUT2D eigenvalue weighted by Crippen LogP contribution is -2.54. The Morgan fingerprint density at radius 3 is 3.10 bits per heavy atom. The largest absolute Gasteiger partial charge is 0.397 e. The van der Waals surface area contributed by atoms with Crippen molar-refractivity contribution in [1.82, 2.24) is 10.3 Å². The van der Waals surface area contributed by atoms with Crippen LogP contribution in [0, 0.1) is 5.92 Å². The number of nitrogens with zero attached hydrogens (tertiary/aromatic N) is 1. The first kappa shape index (κ1) is 15.1. The molecular weight excluding hydrogens is 278 g/mol. The number of nitrogen functional groups attached to an aromatic ring is 1. The summed E-state index contributed by atoms with van der Waals surface area (Å²) >= 11 is 5.80. The zero-order valence-corrected chi connectivity index (χ0v) is 12.3. The highest BCUT2D eigenvalue weighted by Crippen LogP contribution is 2.32. The molecule has 2 unspecified atom stereocenters. The average molecular weight is 298 g/mol. The summed E-state index contributed by atoms with van der Waals surface area (Å²) in [5.74, 6) is 0.171. The topological polar surface area (TPSA) is 88.2 Å². The van der Waals surface area contributed by atoms with E-state index in [4.69, 9.17) is 17.3 Å². The van der Waals surface area contributed by atoms with Crippen molar-refractivity contribution in [3.05, 3.63) is 23.0 Å². The van der Waals surface area contributed by atoms with Gasteiger partial charge in [0.2, 0.25) is 0 Å². The molecule has 1 aliphatic rings. The maximum absolute atomic E-state index is 12.4. The minimum atomic E-state index is -0.559. The zero-order valence-electron chi connectivity index (χ0n) is 11.5. The van der Waals surface area contributed by atoms with Gasteiger partial charge >= 0.3 is 0 Å². The van der Waals surface area contributed by atoms with Gasteiger partial charge in [-0.2, -0.15) is 0 Å². The highest BCUT2D eigenvalue weighted by molar-refractivity contribution is 6.29. The van der Waals surface area contributed by atoms with E-state index >= 15 is 0 Å². The number of hydrogen-bond acceptors (Lipinski definition) is 4. The first-order chi connectivity index (χ1) is 9.46. The van der Waals surface area contributed by atoms with Crippen molar-refractivity contribution < 1.29 is 9.90 Å². The summed E-state index contributed by atoms with van der Waals surface area (Å²) in [6.45, 7) is 2.06. The number of aliphatic hydroxyl groups is 1. The van der Waals surface area contributed by atoms with Crippen molar-refractivity contribution >= 4 is 23.2 Å². The normalized spacial score (nSPS) is 26.2. The lowest BCUT2D eigenvalue weighted by Gasteiger charge is -2.39. The first-order valence-electron chi connectivity index (χ1n) is 6.80. The SMILES string of the molecule is CC1CCCC(CO)(NC(=O)c2cc(Cl)ncc2N)C1. The first-order valence-corrected chi connectivity index (χ1v) is 7.18. The standard InChI is InChI=1S/C14H20ClN3O2/c1-9-3-2-4-14(6-9,8-19)18-13(20)10-5-12(15)17-7-11(10)16/h5,7,9,19H,2-4,6,8,16H2,1H3,(H,18,20). The van der Waals surface area contributed by atoms with Gasteiger partial charge in [0.1, 0.15) is 5.15 Å². The second kappa shape index (κ2) is 5.97. The van der Waals surface area contributed by atoms with Crippen molar-refractivity contribution in [2.24, 2.45) is 5.92 Å². The predicted octanol–water partition coefficient (Wildman–Crippen LogP) is 1.99. The number of carbonyl (C=O) groups excluding carboxylic acids is 1. The molecule has 0 spiro atoms. The van der Waals surface area contributed by atoms with Crippen molar-refractivity contribution in [2.45, 2.75) is 38.1 Å². The van der Waals surface area contributed by atoms with E-state index in [0.717, 1.165) is 25.7 Å². The van der Waals surface area contributed by atoms with Gasteiger partial charge in [0.15, 0.2) is 0 Å². The fourth-order valence-electron chi connectivity index (χ4n) is 2.90. The molecule has 4 N–H and O–H groups in total. The number of anilines is 1. The summed E-state index contributed by atoms with van der Waals surface area (Å²) in [5, 5.41) is 12.9. The Morgan fingerprint density at radius 2 is 2.45 bits per heavy atom. The van der Waals surface area contributed by atoms with E-state index < -0.39 is 5.54 Å². The minimum absolute atomic E-state index is 0.0677. The smallest absolute Gasteiger partial charge is 0.254 e. The molecular formula is C14H20ClN3O2. The Labute approximate surface area is 123 Å². The Bertz CT molecular complexity index is 509. The van der Waals surface area contributed by atoms with Gasteiger partial charge in [-0.25, -0.2) is 4.98 Å². The summed E-state index contributed by atoms with van der Waals surface area (Å²) in [7, 11) is 0. The van der Waals surface area contributed by atoms with E-state index in [0.29, 0.717) is 11.5 Å². The second-order valence-corrected chi connectivity index (χ2v) is 6.08. The zero-order chi connectivity index (χ0) is 14.8. The van der Waals surface area contributed by atoms with E-state index in [9.17, 15) is 9.90 Å². The molecule has 1 amide bonds. The maximum atomic E-state index is 12.4. The molecule has 0 saturated heterocycles. The van der Waals surface area contributed by atoms with Gasteiger partial charge in [-0.1, -0.05) is 31.4 Å². The molecule has 1 saturated carbocycles. The minimum Gasteiger partial charge on any atom is -0.397 e. The summed E-state index contributed by atoms with van der Waals surface area (Å²) < 4.78 is 0. The Hall–Kier alpha value is -1.33. The monoisotopic (exact) mass is 297 g/mol. The van der Waals surface area contributed by atoms with Gasteiger partial charge < -0.3 is 16.2 Å². The lowest BCUT2D eigenvalue weighted by atomic mass is 9.76. The van der Waals surface area contributed by atoms with E-state index in [1.807, 2.05) is 0 Å². The van der Waals surface area contributed by atoms with Crippen LogP contribution in [0.5, 0.6) is 0 Å². The van der Waals surface area contributed by atoms with Crippen molar-refractivity contribution in [1.29, 1.82) is 0 Å². The second-order valence-electron chi connectivity index (χ2n) is 5.69. The quantitative estimate of drug-likeness (QED) is 0.745. The molecule has 1 aliphatic carbocycles. The number of rotatable bonds is 3. The summed E-state index contributed by atoms with van der Waals surface area (Å²) in [6, 6.07) is 1.45. The van der Waals surface area contributed by atoms with Crippen LogP contribution in [0.15, 0.2) is 12.3 Å². The van der Waals surface area contributed by atoms with Crippen LogP contribution in [0.25, 0.3) is 0 Å². The van der Waals surface area contributed by atoms with Crippen molar-refractivity contribution in [3.63, 3.8) is 0 Å². The van der Waals surface area contributed by atoms with Crippen LogP contribution in [0.3, 0.4) is 0 Å². The number of hydrogen-bond donors (Lipinski definition) is 3. The van der Waals surface area contributed by atoms with E-state index in [-0.39, 0.29) is 23.4 Å². The summed E-state index contributed by atoms with van der Waals surface area (Å²) in [5.41, 5.74) is 5.79. The van der Waals surface area contributed by atoms with Crippen LogP contribution in [-0.4, -0.2) is 28.1 Å². The Kier molecular flexibility index (Phi) is 4.50. The molecule has 1 heterocycles. The van der Waals surface area contributed by atoms with Gasteiger partial charge in [-0.05, 0) is 24.8 Å². The van der Waals surface area contributed by atoms with E-state index in [1.54, 1.807) is 0 Å². The van der Waals surface area contributed by atoms with Gasteiger partial charge in [-0.3, -0.25) is 4.79 Å². The third-order valence-corrected chi connectivity index (χ3v) is 4.13. The molecule has 0 aromatic carbocycles. The highest BCUT2D eigenvalue weighted by Gasteiger charge is 2.36. The third-order valence-electron chi connectivity index (χ3n) is 3.92. The van der Waals surface area contributed by atoms with E-state index in [2.05, 4.69) is 17.2 Å². The van der Waals surface area contributed by atoms with Gasteiger partial charge in [0.25, 0.3) is 5.91 Å². The average Bonchev–Trinajstić information content (AvgIpc) is 2.41. The van der Waals surface area contributed by atoms with E-state index in [1.165, 1.54) is 12.3 Å². The number of aromatic nitrogens is 1. The van der Waals surface area contributed by atoms with Crippen molar-refractivity contribution in [2.75, 3.05) is 12.3 Å². The van der Waals surface area contributed by atoms with Crippen LogP contribution < -0.4 is 11.1 Å². The molecule has 1 fully saturated rings. The number of halogens is 1. The molecule has 110 valence electrons. The molecule has 0 bridgehead atoms. The predicted molar refractivity (Wildman–Crippen MR) is 78.6 cm³/mol. The maximum Gasteiger partial charge on any atom is 0.254 e. The number of nitrogens with two attached hydrogens (primary N) is 1. The number of carbonyl (C=O) groups is 1. The van der Waals surface area contributed by atoms with Crippen LogP contribution in [-0.2, 0) is 0 Å². The third kappa shape index (κ3) is 3.22. The highest BCUT2D eigenvalue weighted by atomic mass is 35.5. The number of pyridine rings is 1. The molecule has 1 aromatic heterocycles. The number of aliphatic hydroxyl groups excluding tert-OH is 1. The Morgan fingerprint density at radius 1 is 1.70 bits per heavy atom. The van der Waals surface area contributed by atoms with Crippen LogP contribution in [0.1, 0.15) is 43.0 Å². The van der Waals surface area contributed by atoms with Crippen LogP contribution in [0.2, 0.25) is 5.15 Å². The van der Waals surface area contributed by atoms with Crippen molar-refractivity contribution in [3.8, 4) is 0 Å². The number of amides is 1. The Balaban J connectivity index is 2.19. The van der Waals surface area contributed by atoms with Gasteiger partial charge in [-0.15, -0.1) is 0 Å². The summed E-state index contributed by atoms with van der Waals surface area (Å²) in [4.78, 5) is 16.2. The lowest BCUT2D eigenvalue weighted by molar-refractivity contribution is 0.0698. The number of nitrogens with one attached hydrogen (secondary N) is 1. The fourth-order valence-corrected chi connectivity index (χ4v) is 3.06. The molecule has 2 atom stereocenters. The molecule has 6 heteroatoms. The van der Waals surface area contributed by atoms with Gasteiger partial charge in [0.05, 0.1) is 29.6 Å². The molecule has 20 heavy (non-hydrogen) atoms. The summed E-state index contributed by atoms with van der Waals surface area (Å²) in [6.07, 6.45) is 5.04. The van der Waals surface area contributed by atoms with Gasteiger partial charge in [0, 0.05) is 0 Å². The molecule has 1 aromatic rings. The fraction of sp³-hybridized carbons (Fsp3) is 0.571. The van der Waals surface area contributed by atoms with Crippen LogP contribution in [0.4, 0.5) is 5.69 Å². The molecule has 2 rings (SSSR count). The van der Waals surface area contributed by atoms with Crippen LogP contribution >= 0.6 is 11.6 Å². The molecule has 5 nitrogen and oxygen atoms in total. The molecule has 0 radical (unpaired) electrons. The molecule has 0 aliphatic heterocycles.